The summed E-state index contributed by atoms with van der Waals surface area (Å²) in [7, 11) is 0. The first-order valence-electron chi connectivity index (χ1n) is 8.88. The van der Waals surface area contributed by atoms with Crippen molar-refractivity contribution in [2.75, 3.05) is 13.2 Å². The maximum Gasteiger partial charge on any atom is 0.285 e. The summed E-state index contributed by atoms with van der Waals surface area (Å²) in [6.45, 7) is 1.57. The third-order valence-electron chi connectivity index (χ3n) is 5.81. The summed E-state index contributed by atoms with van der Waals surface area (Å²) in [4.78, 5) is 4.43. The molecule has 0 amide bonds. The molecule has 1 heterocycles. The van der Waals surface area contributed by atoms with E-state index in [1.807, 2.05) is 0 Å². The molecule has 2 unspecified atom stereocenters. The number of hydrogen-bond donors (Lipinski definition) is 1. The second kappa shape index (κ2) is 6.31. The van der Waals surface area contributed by atoms with E-state index in [1.54, 1.807) is 0 Å². The van der Waals surface area contributed by atoms with Crippen LogP contribution < -0.4 is 5.32 Å². The normalized spacial score (nSPS) is 32.8. The average molecular weight is 298 g/mol. The van der Waals surface area contributed by atoms with E-state index in [4.69, 9.17) is 4.74 Å². The highest BCUT2D eigenvalue weighted by atomic mass is 16.5. The molecule has 3 heteroatoms. The number of benzene rings is 1. The van der Waals surface area contributed by atoms with Gasteiger partial charge in [0, 0.05) is 6.04 Å². The van der Waals surface area contributed by atoms with Crippen molar-refractivity contribution in [3.8, 4) is 0 Å². The van der Waals surface area contributed by atoms with Gasteiger partial charge < -0.3 is 10.1 Å². The van der Waals surface area contributed by atoms with Gasteiger partial charge in [-0.25, -0.2) is 4.99 Å². The molecular formula is C19H26N2O. The van der Waals surface area contributed by atoms with Crippen molar-refractivity contribution in [1.29, 1.82) is 0 Å². The van der Waals surface area contributed by atoms with Gasteiger partial charge in [0.25, 0.3) is 6.02 Å². The second-order valence-electron chi connectivity index (χ2n) is 7.08. The molecule has 0 radical (unpaired) electrons. The van der Waals surface area contributed by atoms with Crippen LogP contribution in [0.5, 0.6) is 0 Å². The lowest BCUT2D eigenvalue weighted by atomic mass is 9.81. The van der Waals surface area contributed by atoms with Gasteiger partial charge in [-0.05, 0) is 61.8 Å². The van der Waals surface area contributed by atoms with E-state index < -0.39 is 0 Å². The first-order valence-corrected chi connectivity index (χ1v) is 8.88. The van der Waals surface area contributed by atoms with Crippen LogP contribution in [0, 0.1) is 17.8 Å². The number of aliphatic imine (C=N–C) groups is 1. The van der Waals surface area contributed by atoms with Crippen LogP contribution in [-0.2, 0) is 11.2 Å². The number of ether oxygens (including phenoxy) is 1. The number of aryl methyl sites for hydroxylation is 1. The standard InChI is InChI=1S/C19H26N2O/c1-2-5-14(6-3-1)7-4-8-17-15-9-10-16(13-15)18(17)21-19-20-11-12-22-19/h1-3,5-6,15-18H,4,7-13H2,(H,20,21)/t15?,16?,17-,18+/m0/s1. The molecule has 2 aliphatic carbocycles. The molecule has 1 N–H and O–H groups in total. The Morgan fingerprint density at radius 1 is 1.14 bits per heavy atom. The molecule has 22 heavy (non-hydrogen) atoms. The minimum Gasteiger partial charge on any atom is -0.463 e. The van der Waals surface area contributed by atoms with Gasteiger partial charge in [0.05, 0.1) is 6.54 Å². The number of nitrogens with one attached hydrogen (secondary N) is 1. The predicted octanol–water partition coefficient (Wildman–Crippen LogP) is 3.40. The molecule has 0 saturated heterocycles. The Bertz CT molecular complexity index is 527. The Labute approximate surface area is 133 Å². The van der Waals surface area contributed by atoms with E-state index >= 15 is 0 Å². The van der Waals surface area contributed by atoms with Gasteiger partial charge in [0.1, 0.15) is 6.61 Å². The SMILES string of the molecule is c1ccc(CCC[C@H]2C3CCC(C3)[C@H]2NC2=NCCO2)cc1. The molecule has 1 aromatic rings. The molecular weight excluding hydrogens is 272 g/mol. The van der Waals surface area contributed by atoms with Gasteiger partial charge in [-0.3, -0.25) is 0 Å². The predicted molar refractivity (Wildman–Crippen MR) is 88.9 cm³/mol. The van der Waals surface area contributed by atoms with Crippen molar-refractivity contribution in [1.82, 2.24) is 5.32 Å². The maximum atomic E-state index is 5.58. The van der Waals surface area contributed by atoms with Crippen LogP contribution in [0.3, 0.4) is 0 Å². The van der Waals surface area contributed by atoms with Crippen LogP contribution in [0.1, 0.15) is 37.7 Å². The molecule has 1 aromatic carbocycles. The first-order chi connectivity index (χ1) is 10.9. The van der Waals surface area contributed by atoms with E-state index in [9.17, 15) is 0 Å². The van der Waals surface area contributed by atoms with Crippen LogP contribution in [0.4, 0.5) is 0 Å². The Morgan fingerprint density at radius 3 is 2.82 bits per heavy atom. The van der Waals surface area contributed by atoms with E-state index in [2.05, 4.69) is 40.6 Å². The minimum absolute atomic E-state index is 0.603. The quantitative estimate of drug-likeness (QED) is 0.904. The number of hydrogen-bond acceptors (Lipinski definition) is 3. The van der Waals surface area contributed by atoms with Crippen molar-refractivity contribution in [3.05, 3.63) is 35.9 Å². The second-order valence-corrected chi connectivity index (χ2v) is 7.08. The summed E-state index contributed by atoms with van der Waals surface area (Å²) in [5.74, 6) is 2.59. The third kappa shape index (κ3) is 2.86. The minimum atomic E-state index is 0.603. The molecule has 2 fully saturated rings. The highest BCUT2D eigenvalue weighted by Crippen LogP contribution is 2.50. The summed E-state index contributed by atoms with van der Waals surface area (Å²) in [6, 6.07) is 12.3. The van der Waals surface area contributed by atoms with E-state index in [-0.39, 0.29) is 0 Å². The van der Waals surface area contributed by atoms with Gasteiger partial charge in [0.2, 0.25) is 0 Å². The largest absolute Gasteiger partial charge is 0.463 e. The summed E-state index contributed by atoms with van der Waals surface area (Å²) in [5, 5.41) is 3.64. The zero-order chi connectivity index (χ0) is 14.8. The smallest absolute Gasteiger partial charge is 0.285 e. The number of nitrogens with zero attached hydrogens (tertiary/aromatic N) is 1. The van der Waals surface area contributed by atoms with Crippen molar-refractivity contribution in [2.24, 2.45) is 22.7 Å². The fourth-order valence-corrected chi connectivity index (χ4v) is 4.80. The van der Waals surface area contributed by atoms with E-state index in [0.717, 1.165) is 36.9 Å². The van der Waals surface area contributed by atoms with Gasteiger partial charge in [0.15, 0.2) is 0 Å². The molecule has 3 nitrogen and oxygen atoms in total. The lowest BCUT2D eigenvalue weighted by molar-refractivity contribution is 0.234. The van der Waals surface area contributed by atoms with Gasteiger partial charge >= 0.3 is 0 Å². The van der Waals surface area contributed by atoms with Gasteiger partial charge in [-0.2, -0.15) is 0 Å². The molecule has 0 aromatic heterocycles. The van der Waals surface area contributed by atoms with Crippen LogP contribution in [0.15, 0.2) is 35.3 Å². The first kappa shape index (κ1) is 14.1. The molecule has 0 spiro atoms. The molecule has 118 valence electrons. The zero-order valence-electron chi connectivity index (χ0n) is 13.2. The van der Waals surface area contributed by atoms with Crippen molar-refractivity contribution in [3.63, 3.8) is 0 Å². The van der Waals surface area contributed by atoms with E-state index in [0.29, 0.717) is 6.04 Å². The molecule has 4 atom stereocenters. The summed E-state index contributed by atoms with van der Waals surface area (Å²) < 4.78 is 5.58. The highest BCUT2D eigenvalue weighted by Gasteiger charge is 2.47. The van der Waals surface area contributed by atoms with Crippen LogP contribution >= 0.6 is 0 Å². The Hall–Kier alpha value is -1.51. The lowest BCUT2D eigenvalue weighted by Gasteiger charge is -2.32. The van der Waals surface area contributed by atoms with Crippen molar-refractivity contribution in [2.45, 2.75) is 44.6 Å². The topological polar surface area (TPSA) is 33.6 Å². The van der Waals surface area contributed by atoms with Crippen LogP contribution in [0.2, 0.25) is 0 Å². The molecule has 2 saturated carbocycles. The molecule has 2 bridgehead atoms. The zero-order valence-corrected chi connectivity index (χ0v) is 13.2. The van der Waals surface area contributed by atoms with Crippen LogP contribution in [-0.4, -0.2) is 25.2 Å². The van der Waals surface area contributed by atoms with Gasteiger partial charge in [-0.1, -0.05) is 30.3 Å². The fourth-order valence-electron chi connectivity index (χ4n) is 4.80. The number of amidine groups is 1. The summed E-state index contributed by atoms with van der Waals surface area (Å²) >= 11 is 0. The third-order valence-corrected chi connectivity index (χ3v) is 5.81. The summed E-state index contributed by atoms with van der Waals surface area (Å²) in [6.07, 6.45) is 8.08. The number of rotatable bonds is 5. The van der Waals surface area contributed by atoms with Crippen molar-refractivity contribution < 1.29 is 4.74 Å². The average Bonchev–Trinajstić information content (AvgIpc) is 3.27. The highest BCUT2D eigenvalue weighted by molar-refractivity contribution is 5.75. The Morgan fingerprint density at radius 2 is 2.00 bits per heavy atom. The van der Waals surface area contributed by atoms with Crippen molar-refractivity contribution >= 4 is 6.02 Å². The Kier molecular flexibility index (Phi) is 4.05. The maximum absolute atomic E-state index is 5.58. The molecule has 3 aliphatic rings. The molecule has 4 rings (SSSR count). The van der Waals surface area contributed by atoms with Crippen LogP contribution in [0.25, 0.3) is 0 Å². The van der Waals surface area contributed by atoms with E-state index in [1.165, 1.54) is 44.1 Å². The fraction of sp³-hybridized carbons (Fsp3) is 0.632. The molecule has 1 aliphatic heterocycles. The lowest BCUT2D eigenvalue weighted by Crippen LogP contribution is -2.44. The monoisotopic (exact) mass is 298 g/mol. The Balaban J connectivity index is 1.34. The van der Waals surface area contributed by atoms with Gasteiger partial charge in [-0.15, -0.1) is 0 Å². The number of fused-ring (bicyclic) bond motifs is 2. The summed E-state index contributed by atoms with van der Waals surface area (Å²) in [5.41, 5.74) is 1.47.